The Labute approximate surface area is 85.8 Å². The third-order valence-electron chi connectivity index (χ3n) is 2.87. The summed E-state index contributed by atoms with van der Waals surface area (Å²) in [7, 11) is 2.01. The number of hydrogen-bond acceptors (Lipinski definition) is 3. The molecule has 1 saturated carbocycles. The Kier molecular flexibility index (Phi) is 3.58. The SMILES string of the molecule is CNC1(C)CC(/C=C/N=C(C)C=N)C1. The number of hydrogen-bond donors (Lipinski definition) is 2. The van der Waals surface area contributed by atoms with Gasteiger partial charge in [-0.2, -0.15) is 0 Å². The first-order chi connectivity index (χ1) is 6.59. The molecule has 0 radical (unpaired) electrons. The van der Waals surface area contributed by atoms with Gasteiger partial charge in [0.25, 0.3) is 0 Å². The van der Waals surface area contributed by atoms with Crippen molar-refractivity contribution in [2.24, 2.45) is 10.9 Å². The predicted octanol–water partition coefficient (Wildman–Crippen LogP) is 2.00. The normalized spacial score (nSPS) is 33.1. The summed E-state index contributed by atoms with van der Waals surface area (Å²) in [6.45, 7) is 4.07. The van der Waals surface area contributed by atoms with Crippen LogP contribution in [0.3, 0.4) is 0 Å². The Morgan fingerprint density at radius 1 is 1.57 bits per heavy atom. The number of rotatable bonds is 4. The fraction of sp³-hybridized carbons (Fsp3) is 0.636. The van der Waals surface area contributed by atoms with Crippen molar-refractivity contribution < 1.29 is 0 Å². The maximum atomic E-state index is 6.95. The Morgan fingerprint density at radius 3 is 2.71 bits per heavy atom. The van der Waals surface area contributed by atoms with Gasteiger partial charge in [-0.25, -0.2) is 0 Å². The summed E-state index contributed by atoms with van der Waals surface area (Å²) in [6, 6.07) is 0. The summed E-state index contributed by atoms with van der Waals surface area (Å²) in [5, 5.41) is 10.3. The highest BCUT2D eigenvalue weighted by molar-refractivity contribution is 6.28. The fourth-order valence-electron chi connectivity index (χ4n) is 1.76. The lowest BCUT2D eigenvalue weighted by Crippen LogP contribution is -2.50. The maximum absolute atomic E-state index is 6.95. The van der Waals surface area contributed by atoms with E-state index in [1.165, 1.54) is 19.1 Å². The first kappa shape index (κ1) is 11.1. The monoisotopic (exact) mass is 193 g/mol. The van der Waals surface area contributed by atoms with Crippen LogP contribution in [-0.4, -0.2) is 24.5 Å². The van der Waals surface area contributed by atoms with Gasteiger partial charge in [-0.1, -0.05) is 6.08 Å². The van der Waals surface area contributed by atoms with Crippen LogP contribution in [0.2, 0.25) is 0 Å². The van der Waals surface area contributed by atoms with Crippen LogP contribution in [0.1, 0.15) is 26.7 Å². The topological polar surface area (TPSA) is 48.2 Å². The van der Waals surface area contributed by atoms with Crippen LogP contribution < -0.4 is 5.32 Å². The number of allylic oxidation sites excluding steroid dienone is 1. The van der Waals surface area contributed by atoms with Gasteiger partial charge < -0.3 is 10.7 Å². The molecule has 0 aromatic rings. The number of nitrogens with zero attached hydrogens (tertiary/aromatic N) is 1. The highest BCUT2D eigenvalue weighted by Crippen LogP contribution is 2.37. The zero-order valence-corrected chi connectivity index (χ0v) is 9.17. The lowest BCUT2D eigenvalue weighted by molar-refractivity contribution is 0.166. The molecule has 2 N–H and O–H groups in total. The molecule has 1 aliphatic rings. The van der Waals surface area contributed by atoms with Gasteiger partial charge in [-0.3, -0.25) is 4.99 Å². The van der Waals surface area contributed by atoms with Crippen LogP contribution in [0.5, 0.6) is 0 Å². The molecule has 0 spiro atoms. The fourth-order valence-corrected chi connectivity index (χ4v) is 1.76. The Morgan fingerprint density at radius 2 is 2.21 bits per heavy atom. The van der Waals surface area contributed by atoms with E-state index in [2.05, 4.69) is 23.3 Å². The molecule has 0 heterocycles. The quantitative estimate of drug-likeness (QED) is 0.659. The molecule has 3 nitrogen and oxygen atoms in total. The molecular formula is C11H19N3. The molecule has 0 aliphatic heterocycles. The summed E-state index contributed by atoms with van der Waals surface area (Å²) < 4.78 is 0. The van der Waals surface area contributed by atoms with Crippen molar-refractivity contribution >= 4 is 11.9 Å². The average Bonchev–Trinajstić information content (AvgIpc) is 2.14. The lowest BCUT2D eigenvalue weighted by Gasteiger charge is -2.44. The smallest absolute Gasteiger partial charge is 0.0547 e. The number of nitrogens with one attached hydrogen (secondary N) is 2. The zero-order chi connectivity index (χ0) is 10.6. The standard InChI is InChI=1S/C11H19N3/c1-9(8-12)14-5-4-10-6-11(2,7-10)13-3/h4-5,8,10,12-13H,6-7H2,1-3H3/b5-4+,12-8?,14-9?. The van der Waals surface area contributed by atoms with Gasteiger partial charge in [-0.05, 0) is 39.7 Å². The lowest BCUT2D eigenvalue weighted by atomic mass is 9.69. The Balaban J connectivity index is 2.32. The van der Waals surface area contributed by atoms with E-state index in [0.29, 0.717) is 11.5 Å². The zero-order valence-electron chi connectivity index (χ0n) is 9.17. The molecule has 0 aromatic heterocycles. The van der Waals surface area contributed by atoms with Crippen LogP contribution in [-0.2, 0) is 0 Å². The third kappa shape index (κ3) is 2.77. The van der Waals surface area contributed by atoms with E-state index in [0.717, 1.165) is 5.71 Å². The van der Waals surface area contributed by atoms with E-state index < -0.39 is 0 Å². The summed E-state index contributed by atoms with van der Waals surface area (Å²) >= 11 is 0. The van der Waals surface area contributed by atoms with Gasteiger partial charge in [0, 0.05) is 18.0 Å². The van der Waals surface area contributed by atoms with Crippen LogP contribution in [0, 0.1) is 11.3 Å². The number of aliphatic imine (C=N–C) groups is 1. The average molecular weight is 193 g/mol. The second-order valence-corrected chi connectivity index (χ2v) is 4.24. The first-order valence-electron chi connectivity index (χ1n) is 5.00. The molecule has 0 bridgehead atoms. The van der Waals surface area contributed by atoms with E-state index in [4.69, 9.17) is 5.41 Å². The van der Waals surface area contributed by atoms with Crippen molar-refractivity contribution in [1.29, 1.82) is 5.41 Å². The second-order valence-electron chi connectivity index (χ2n) is 4.24. The summed E-state index contributed by atoms with van der Waals surface area (Å²) in [6.07, 6.45) is 7.58. The van der Waals surface area contributed by atoms with Gasteiger partial charge in [0.2, 0.25) is 0 Å². The van der Waals surface area contributed by atoms with E-state index in [1.807, 2.05) is 20.2 Å². The van der Waals surface area contributed by atoms with Gasteiger partial charge in [0.15, 0.2) is 0 Å². The molecule has 78 valence electrons. The summed E-state index contributed by atoms with van der Waals surface area (Å²) in [4.78, 5) is 4.11. The molecule has 0 saturated heterocycles. The van der Waals surface area contributed by atoms with Gasteiger partial charge in [0.1, 0.15) is 0 Å². The van der Waals surface area contributed by atoms with Gasteiger partial charge in [-0.15, -0.1) is 0 Å². The van der Waals surface area contributed by atoms with Crippen molar-refractivity contribution in [3.63, 3.8) is 0 Å². The summed E-state index contributed by atoms with van der Waals surface area (Å²) in [5.41, 5.74) is 1.08. The van der Waals surface area contributed by atoms with Crippen molar-refractivity contribution in [1.82, 2.24) is 5.32 Å². The molecule has 0 atom stereocenters. The Hall–Kier alpha value is -0.960. The van der Waals surface area contributed by atoms with Gasteiger partial charge in [0.05, 0.1) is 5.71 Å². The van der Waals surface area contributed by atoms with Crippen molar-refractivity contribution in [3.8, 4) is 0 Å². The minimum atomic E-state index is 0.329. The van der Waals surface area contributed by atoms with Crippen molar-refractivity contribution in [2.75, 3.05) is 7.05 Å². The highest BCUT2D eigenvalue weighted by Gasteiger charge is 2.37. The molecular weight excluding hydrogens is 174 g/mol. The van der Waals surface area contributed by atoms with Gasteiger partial charge >= 0.3 is 0 Å². The van der Waals surface area contributed by atoms with Crippen LogP contribution in [0.4, 0.5) is 0 Å². The molecule has 0 aromatic carbocycles. The molecule has 1 fully saturated rings. The molecule has 1 aliphatic carbocycles. The molecule has 3 heteroatoms. The summed E-state index contributed by atoms with van der Waals surface area (Å²) in [5.74, 6) is 0.648. The van der Waals surface area contributed by atoms with E-state index in [-0.39, 0.29) is 0 Å². The largest absolute Gasteiger partial charge is 0.314 e. The van der Waals surface area contributed by atoms with Crippen molar-refractivity contribution in [3.05, 3.63) is 12.3 Å². The molecule has 0 unspecified atom stereocenters. The molecule has 14 heavy (non-hydrogen) atoms. The van der Waals surface area contributed by atoms with Crippen LogP contribution in [0.25, 0.3) is 0 Å². The first-order valence-corrected chi connectivity index (χ1v) is 5.00. The molecule has 1 rings (SSSR count). The van der Waals surface area contributed by atoms with Crippen molar-refractivity contribution in [2.45, 2.75) is 32.2 Å². The third-order valence-corrected chi connectivity index (χ3v) is 2.87. The Bertz CT molecular complexity index is 260. The second kappa shape index (κ2) is 4.51. The predicted molar refractivity (Wildman–Crippen MR) is 61.2 cm³/mol. The van der Waals surface area contributed by atoms with E-state index in [1.54, 1.807) is 0 Å². The molecule has 0 amide bonds. The highest BCUT2D eigenvalue weighted by atomic mass is 15.0. The van der Waals surface area contributed by atoms with Crippen LogP contribution >= 0.6 is 0 Å². The van der Waals surface area contributed by atoms with E-state index >= 15 is 0 Å². The minimum Gasteiger partial charge on any atom is -0.314 e. The maximum Gasteiger partial charge on any atom is 0.0547 e. The van der Waals surface area contributed by atoms with E-state index in [9.17, 15) is 0 Å². The minimum absolute atomic E-state index is 0.329. The van der Waals surface area contributed by atoms with Crippen LogP contribution in [0.15, 0.2) is 17.3 Å².